The van der Waals surface area contributed by atoms with Gasteiger partial charge >= 0.3 is 0 Å². The van der Waals surface area contributed by atoms with Crippen LogP contribution in [0.4, 0.5) is 5.69 Å². The summed E-state index contributed by atoms with van der Waals surface area (Å²) in [6.07, 6.45) is -0.809. The van der Waals surface area contributed by atoms with Gasteiger partial charge in [-0.05, 0) is 37.3 Å². The van der Waals surface area contributed by atoms with Gasteiger partial charge in [-0.3, -0.25) is 4.79 Å². The largest absolute Gasteiger partial charge is 0.545 e. The molecule has 0 aliphatic heterocycles. The van der Waals surface area contributed by atoms with Crippen molar-refractivity contribution in [2.24, 2.45) is 0 Å². The van der Waals surface area contributed by atoms with Gasteiger partial charge in [0.25, 0.3) is 5.91 Å². The average Bonchev–Trinajstić information content (AvgIpc) is 2.48. The van der Waals surface area contributed by atoms with Crippen molar-refractivity contribution in [2.75, 3.05) is 5.32 Å². The number of benzene rings is 2. The number of carboxylic acids is 1. The van der Waals surface area contributed by atoms with Gasteiger partial charge in [0.2, 0.25) is 0 Å². The summed E-state index contributed by atoms with van der Waals surface area (Å²) >= 11 is 5.82. The first-order chi connectivity index (χ1) is 10.5. The topological polar surface area (TPSA) is 78.5 Å². The van der Waals surface area contributed by atoms with Gasteiger partial charge in [-0.2, -0.15) is 0 Å². The Labute approximate surface area is 132 Å². The van der Waals surface area contributed by atoms with E-state index in [1.165, 1.54) is 18.2 Å². The van der Waals surface area contributed by atoms with E-state index in [2.05, 4.69) is 5.32 Å². The third kappa shape index (κ3) is 3.99. The second-order valence-electron chi connectivity index (χ2n) is 4.54. The van der Waals surface area contributed by atoms with Gasteiger partial charge in [-0.25, -0.2) is 0 Å². The molecule has 6 heteroatoms. The van der Waals surface area contributed by atoms with Crippen molar-refractivity contribution in [3.05, 3.63) is 59.1 Å². The molecule has 2 aromatic carbocycles. The van der Waals surface area contributed by atoms with E-state index in [0.29, 0.717) is 10.8 Å². The molecule has 22 heavy (non-hydrogen) atoms. The molecule has 0 saturated heterocycles. The van der Waals surface area contributed by atoms with Crippen LogP contribution in [-0.2, 0) is 4.79 Å². The van der Waals surface area contributed by atoms with E-state index in [0.717, 1.165) is 0 Å². The van der Waals surface area contributed by atoms with Crippen LogP contribution in [0.5, 0.6) is 5.75 Å². The number of para-hydroxylation sites is 1. The minimum atomic E-state index is -1.40. The summed E-state index contributed by atoms with van der Waals surface area (Å²) in [6.45, 7) is 1.56. The number of carbonyl (C=O) groups excluding carboxylic acids is 2. The molecule has 0 radical (unpaired) electrons. The molecule has 0 unspecified atom stereocenters. The smallest absolute Gasteiger partial charge is 0.265 e. The molecule has 0 heterocycles. The summed E-state index contributed by atoms with van der Waals surface area (Å²) in [6, 6.07) is 12.9. The lowest BCUT2D eigenvalue weighted by atomic mass is 10.1. The lowest BCUT2D eigenvalue weighted by molar-refractivity contribution is -0.254. The molecule has 0 aromatic heterocycles. The number of nitrogens with one attached hydrogen (secondary N) is 1. The monoisotopic (exact) mass is 318 g/mol. The fourth-order valence-corrected chi connectivity index (χ4v) is 1.96. The van der Waals surface area contributed by atoms with Gasteiger partial charge < -0.3 is 20.0 Å². The van der Waals surface area contributed by atoms with Gasteiger partial charge in [0.15, 0.2) is 6.10 Å². The maximum Gasteiger partial charge on any atom is 0.265 e. The predicted molar refractivity (Wildman–Crippen MR) is 80.9 cm³/mol. The third-order valence-electron chi connectivity index (χ3n) is 2.88. The zero-order valence-corrected chi connectivity index (χ0v) is 12.5. The Morgan fingerprint density at radius 3 is 2.50 bits per heavy atom. The number of anilines is 1. The van der Waals surface area contributed by atoms with Crippen LogP contribution in [0.15, 0.2) is 48.5 Å². The highest BCUT2D eigenvalue weighted by Crippen LogP contribution is 2.21. The van der Waals surface area contributed by atoms with E-state index < -0.39 is 18.0 Å². The molecule has 1 amide bonds. The summed E-state index contributed by atoms with van der Waals surface area (Å²) in [5, 5.41) is 13.8. The minimum absolute atomic E-state index is 0.0704. The zero-order chi connectivity index (χ0) is 16.1. The van der Waals surface area contributed by atoms with E-state index in [9.17, 15) is 14.7 Å². The zero-order valence-electron chi connectivity index (χ0n) is 11.7. The van der Waals surface area contributed by atoms with Gasteiger partial charge in [0.05, 0.1) is 11.7 Å². The summed E-state index contributed by atoms with van der Waals surface area (Å²) in [5.41, 5.74) is -0.0781. The first-order valence-corrected chi connectivity index (χ1v) is 6.88. The maximum atomic E-state index is 12.1. The van der Waals surface area contributed by atoms with Crippen molar-refractivity contribution in [3.63, 3.8) is 0 Å². The van der Waals surface area contributed by atoms with Crippen LogP contribution in [0.1, 0.15) is 17.3 Å². The minimum Gasteiger partial charge on any atom is -0.545 e. The van der Waals surface area contributed by atoms with Crippen LogP contribution in [0.25, 0.3) is 0 Å². The van der Waals surface area contributed by atoms with Crippen molar-refractivity contribution >= 4 is 29.2 Å². The molecule has 0 saturated carbocycles. The molecule has 5 nitrogen and oxygen atoms in total. The summed E-state index contributed by atoms with van der Waals surface area (Å²) in [7, 11) is 0. The van der Waals surface area contributed by atoms with E-state index >= 15 is 0 Å². The fourth-order valence-electron chi connectivity index (χ4n) is 1.79. The Bertz CT molecular complexity index is 688. The molecule has 2 aromatic rings. The second kappa shape index (κ2) is 6.95. The lowest BCUT2D eigenvalue weighted by Gasteiger charge is -2.17. The molecule has 2 rings (SSSR count). The van der Waals surface area contributed by atoms with Crippen molar-refractivity contribution < 1.29 is 19.4 Å². The van der Waals surface area contributed by atoms with Gasteiger partial charge in [0.1, 0.15) is 5.75 Å². The van der Waals surface area contributed by atoms with E-state index in [-0.39, 0.29) is 11.3 Å². The third-order valence-corrected chi connectivity index (χ3v) is 3.12. The molecule has 1 N–H and O–H groups in total. The Morgan fingerprint density at radius 1 is 1.18 bits per heavy atom. The van der Waals surface area contributed by atoms with Gasteiger partial charge in [0, 0.05) is 10.6 Å². The Kier molecular flexibility index (Phi) is 5.01. The number of amides is 1. The van der Waals surface area contributed by atoms with Crippen LogP contribution in [0.3, 0.4) is 0 Å². The molecular formula is C16H13ClNO4-. The Hall–Kier alpha value is -2.53. The van der Waals surface area contributed by atoms with Crippen molar-refractivity contribution in [3.8, 4) is 5.75 Å². The molecular weight excluding hydrogens is 306 g/mol. The lowest BCUT2D eigenvalue weighted by Crippen LogP contribution is -2.32. The summed E-state index contributed by atoms with van der Waals surface area (Å²) in [5.74, 6) is -1.35. The number of halogens is 1. The van der Waals surface area contributed by atoms with E-state index in [4.69, 9.17) is 16.3 Å². The van der Waals surface area contributed by atoms with Crippen LogP contribution in [0.2, 0.25) is 5.02 Å². The Balaban J connectivity index is 2.11. The molecule has 1 atom stereocenters. The van der Waals surface area contributed by atoms with Crippen LogP contribution in [0, 0.1) is 0 Å². The number of hydrogen-bond donors (Lipinski definition) is 1. The highest BCUT2D eigenvalue weighted by atomic mass is 35.5. The number of carboxylic acid groups (broad SMARTS) is 1. The molecule has 0 aliphatic rings. The number of hydrogen-bond acceptors (Lipinski definition) is 4. The molecule has 0 spiro atoms. The highest BCUT2D eigenvalue weighted by Gasteiger charge is 2.16. The number of aromatic carboxylic acids is 1. The number of ether oxygens (including phenoxy) is 1. The second-order valence-corrected chi connectivity index (χ2v) is 4.98. The van der Waals surface area contributed by atoms with Gasteiger partial charge in [-0.15, -0.1) is 0 Å². The molecule has 0 fully saturated rings. The van der Waals surface area contributed by atoms with Crippen molar-refractivity contribution in [1.29, 1.82) is 0 Å². The van der Waals surface area contributed by atoms with Gasteiger partial charge in [-0.1, -0.05) is 29.8 Å². The fraction of sp³-hybridized carbons (Fsp3) is 0.125. The molecule has 0 bridgehead atoms. The van der Waals surface area contributed by atoms with Crippen molar-refractivity contribution in [2.45, 2.75) is 13.0 Å². The number of rotatable bonds is 5. The van der Waals surface area contributed by atoms with Crippen molar-refractivity contribution in [1.82, 2.24) is 0 Å². The number of carbonyl (C=O) groups is 2. The van der Waals surface area contributed by atoms with Crippen LogP contribution < -0.4 is 15.2 Å². The summed E-state index contributed by atoms with van der Waals surface area (Å²) in [4.78, 5) is 23.1. The first kappa shape index (κ1) is 15.9. The molecule has 114 valence electrons. The standard InChI is InChI=1S/C16H14ClNO4/c1-10(22-12-5-3-2-4-6-12)15(19)18-14-9-11(17)7-8-13(14)16(20)21/h2-10H,1H3,(H,18,19)(H,20,21)/p-1/t10-/m0/s1. The summed E-state index contributed by atoms with van der Waals surface area (Å²) < 4.78 is 5.47. The highest BCUT2D eigenvalue weighted by molar-refractivity contribution is 6.31. The van der Waals surface area contributed by atoms with Crippen LogP contribution >= 0.6 is 11.6 Å². The maximum absolute atomic E-state index is 12.1. The Morgan fingerprint density at radius 2 is 1.86 bits per heavy atom. The first-order valence-electron chi connectivity index (χ1n) is 6.51. The van der Waals surface area contributed by atoms with E-state index in [1.807, 2.05) is 6.07 Å². The SMILES string of the molecule is C[C@H](Oc1ccccc1)C(=O)Nc1cc(Cl)ccc1C(=O)[O-]. The van der Waals surface area contributed by atoms with Crippen LogP contribution in [-0.4, -0.2) is 18.0 Å². The normalized spacial score (nSPS) is 11.5. The average molecular weight is 319 g/mol. The van der Waals surface area contributed by atoms with E-state index in [1.54, 1.807) is 31.2 Å². The quantitative estimate of drug-likeness (QED) is 0.915. The molecule has 0 aliphatic carbocycles. The predicted octanol–water partition coefficient (Wildman–Crippen LogP) is 2.11.